The number of carbonyl (C=O) groups is 1. The van der Waals surface area contributed by atoms with E-state index in [2.05, 4.69) is 5.73 Å². The molecular formula is C4H9Cl2NO2. The fraction of sp³-hybridized carbons (Fsp3) is 0.750. The smallest absolute Gasteiger partial charge is 0.146 e. The summed E-state index contributed by atoms with van der Waals surface area (Å²) in [4.78, 5) is 7.93. The number of alkyl halides is 2. The van der Waals surface area contributed by atoms with Gasteiger partial charge in [0.15, 0.2) is 0 Å². The Hall–Kier alpha value is 0.01000. The van der Waals surface area contributed by atoms with E-state index in [4.69, 9.17) is 23.2 Å². The van der Waals surface area contributed by atoms with Gasteiger partial charge in [0, 0.05) is 0 Å². The monoisotopic (exact) mass is 173 g/mol. The van der Waals surface area contributed by atoms with E-state index in [1.54, 1.807) is 0 Å². The van der Waals surface area contributed by atoms with Crippen molar-refractivity contribution in [3.8, 4) is 0 Å². The first kappa shape index (κ1) is 11.8. The van der Waals surface area contributed by atoms with Gasteiger partial charge in [0.05, 0.1) is 12.5 Å². The molecule has 0 aliphatic heterocycles. The van der Waals surface area contributed by atoms with Crippen LogP contribution in [-0.4, -0.2) is 17.4 Å². The fourth-order valence-corrected chi connectivity index (χ4v) is 0. The van der Waals surface area contributed by atoms with Crippen LogP contribution in [0, 0.1) is 0 Å². The molecule has 0 saturated carbocycles. The zero-order chi connectivity index (χ0) is 7.86. The van der Waals surface area contributed by atoms with Crippen molar-refractivity contribution < 1.29 is 15.6 Å². The summed E-state index contributed by atoms with van der Waals surface area (Å²) >= 11 is 9.43. The van der Waals surface area contributed by atoms with Crippen LogP contribution in [0.15, 0.2) is 0 Å². The Labute approximate surface area is 63.7 Å². The predicted molar refractivity (Wildman–Crippen MR) is 33.9 cm³/mol. The zero-order valence-electron chi connectivity index (χ0n) is 5.06. The molecule has 56 valence electrons. The maximum absolute atomic E-state index is 9.32. The predicted octanol–water partition coefficient (Wildman–Crippen LogP) is -1.21. The van der Waals surface area contributed by atoms with E-state index in [-0.39, 0.29) is 0 Å². The highest BCUT2D eigenvalue weighted by Crippen LogP contribution is 1.96. The number of carbonyl (C=O) groups excluding carboxylic acids is 1. The van der Waals surface area contributed by atoms with Crippen molar-refractivity contribution in [3.63, 3.8) is 0 Å². The molecule has 0 bridgehead atoms. The number of hydrogen-bond acceptors (Lipinski definition) is 2. The molecule has 0 atom stereocenters. The third-order valence-corrected chi connectivity index (χ3v) is 0.535. The third-order valence-electron chi connectivity index (χ3n) is 0.178. The highest BCUT2D eigenvalue weighted by molar-refractivity contribution is 6.52. The maximum atomic E-state index is 9.32. The Morgan fingerprint density at radius 2 is 1.89 bits per heavy atom. The van der Waals surface area contributed by atoms with E-state index in [9.17, 15) is 9.90 Å². The van der Waals surface area contributed by atoms with Crippen LogP contribution in [0.2, 0.25) is 0 Å². The topological polar surface area (TPSA) is 67.8 Å². The van der Waals surface area contributed by atoms with Gasteiger partial charge in [-0.1, -0.05) is 23.2 Å². The van der Waals surface area contributed by atoms with E-state index in [1.807, 2.05) is 6.92 Å². The minimum Gasteiger partial charge on any atom is -0.547 e. The van der Waals surface area contributed by atoms with E-state index in [0.717, 1.165) is 6.54 Å². The first-order valence-corrected chi connectivity index (χ1v) is 3.21. The van der Waals surface area contributed by atoms with Crippen LogP contribution < -0.4 is 10.8 Å². The largest absolute Gasteiger partial charge is 0.547 e. The van der Waals surface area contributed by atoms with Gasteiger partial charge >= 0.3 is 0 Å². The van der Waals surface area contributed by atoms with Crippen LogP contribution >= 0.6 is 23.2 Å². The van der Waals surface area contributed by atoms with Gasteiger partial charge in [-0.2, -0.15) is 0 Å². The molecule has 0 radical (unpaired) electrons. The molecule has 0 spiro atoms. The number of aliphatic carboxylic acids is 1. The molecule has 0 aromatic rings. The molecule has 0 fully saturated rings. The van der Waals surface area contributed by atoms with Gasteiger partial charge in [-0.3, -0.25) is 0 Å². The lowest BCUT2D eigenvalue weighted by Gasteiger charge is -1.96. The summed E-state index contributed by atoms with van der Waals surface area (Å²) in [5.41, 5.74) is 3.49. The summed E-state index contributed by atoms with van der Waals surface area (Å²) in [6.07, 6.45) is 0. The van der Waals surface area contributed by atoms with Gasteiger partial charge in [0.1, 0.15) is 4.84 Å². The number of halogens is 2. The molecule has 0 aliphatic carbocycles. The van der Waals surface area contributed by atoms with Crippen LogP contribution in [0.1, 0.15) is 6.92 Å². The van der Waals surface area contributed by atoms with Gasteiger partial charge in [0.2, 0.25) is 0 Å². The van der Waals surface area contributed by atoms with Crippen molar-refractivity contribution in [3.05, 3.63) is 0 Å². The summed E-state index contributed by atoms with van der Waals surface area (Å²) < 4.78 is 0. The molecule has 0 aromatic carbocycles. The van der Waals surface area contributed by atoms with Crippen molar-refractivity contribution in [1.82, 2.24) is 0 Å². The van der Waals surface area contributed by atoms with Gasteiger partial charge in [0.25, 0.3) is 0 Å². The Balaban J connectivity index is 0. The average Bonchev–Trinajstić information content (AvgIpc) is 1.68. The Morgan fingerprint density at radius 1 is 1.78 bits per heavy atom. The van der Waals surface area contributed by atoms with E-state index >= 15 is 0 Å². The summed E-state index contributed by atoms with van der Waals surface area (Å²) in [5, 5.41) is 9.32. The van der Waals surface area contributed by atoms with E-state index in [0.29, 0.717) is 0 Å². The highest BCUT2D eigenvalue weighted by Gasteiger charge is 1.93. The Kier molecular flexibility index (Phi) is 10.5. The van der Waals surface area contributed by atoms with Crippen LogP contribution in [-0.2, 0) is 4.79 Å². The molecule has 0 aromatic heterocycles. The zero-order valence-corrected chi connectivity index (χ0v) is 6.58. The van der Waals surface area contributed by atoms with Crippen LogP contribution in [0.25, 0.3) is 0 Å². The van der Waals surface area contributed by atoms with Crippen molar-refractivity contribution in [2.24, 2.45) is 0 Å². The molecule has 3 N–H and O–H groups in total. The molecule has 0 saturated heterocycles. The molecule has 0 amide bonds. The van der Waals surface area contributed by atoms with Crippen molar-refractivity contribution in [2.45, 2.75) is 11.8 Å². The molecular weight excluding hydrogens is 165 g/mol. The van der Waals surface area contributed by atoms with Crippen molar-refractivity contribution in [2.75, 3.05) is 6.54 Å². The quantitative estimate of drug-likeness (QED) is 0.506. The van der Waals surface area contributed by atoms with Gasteiger partial charge in [-0.25, -0.2) is 0 Å². The minimum atomic E-state index is -1.46. The molecule has 9 heavy (non-hydrogen) atoms. The lowest BCUT2D eigenvalue weighted by Crippen LogP contribution is -2.48. The van der Waals surface area contributed by atoms with E-state index < -0.39 is 10.8 Å². The number of carboxylic acid groups (broad SMARTS) is 1. The normalized spacial score (nSPS) is 8.11. The number of carboxylic acids is 1. The van der Waals surface area contributed by atoms with Gasteiger partial charge < -0.3 is 15.6 Å². The number of rotatable bonds is 1. The van der Waals surface area contributed by atoms with E-state index in [1.165, 1.54) is 0 Å². The standard InChI is InChI=1S/C2H2Cl2O2.C2H7N/c3-1(4)2(5)6;1-2-3/h1H,(H,5,6);2-3H2,1H3. The van der Waals surface area contributed by atoms with Crippen LogP contribution in [0.5, 0.6) is 0 Å². The molecule has 0 rings (SSSR count). The summed E-state index contributed by atoms with van der Waals surface area (Å²) in [6, 6.07) is 0. The second-order valence-corrected chi connectivity index (χ2v) is 2.22. The number of hydrogen-bond donors (Lipinski definition) is 1. The Morgan fingerprint density at radius 3 is 1.89 bits per heavy atom. The van der Waals surface area contributed by atoms with Crippen molar-refractivity contribution in [1.29, 1.82) is 0 Å². The third kappa shape index (κ3) is 18.0. The average molecular weight is 174 g/mol. The summed E-state index contributed by atoms with van der Waals surface area (Å²) in [6.45, 7) is 3.01. The molecule has 0 unspecified atom stereocenters. The second-order valence-electron chi connectivity index (χ2n) is 1.12. The van der Waals surface area contributed by atoms with Gasteiger partial charge in [-0.05, 0) is 6.92 Å². The fourth-order valence-electron chi connectivity index (χ4n) is 0. The first-order chi connectivity index (χ1) is 4.06. The first-order valence-electron chi connectivity index (χ1n) is 2.34. The van der Waals surface area contributed by atoms with Crippen LogP contribution in [0.3, 0.4) is 0 Å². The summed E-state index contributed by atoms with van der Waals surface area (Å²) in [7, 11) is 0. The maximum Gasteiger partial charge on any atom is 0.146 e. The number of quaternary nitrogens is 1. The second kappa shape index (κ2) is 8.01. The van der Waals surface area contributed by atoms with Crippen molar-refractivity contribution >= 4 is 29.2 Å². The lowest BCUT2D eigenvalue weighted by atomic mass is 10.8. The molecule has 0 aliphatic rings. The SMILES string of the molecule is CC[NH3+].O=C([O-])C(Cl)Cl. The van der Waals surface area contributed by atoms with Crippen LogP contribution in [0.4, 0.5) is 0 Å². The lowest BCUT2D eigenvalue weighted by molar-refractivity contribution is -0.361. The molecule has 0 heterocycles. The van der Waals surface area contributed by atoms with Gasteiger partial charge in [-0.15, -0.1) is 0 Å². The molecule has 5 heteroatoms. The summed E-state index contributed by atoms with van der Waals surface area (Å²) in [5.74, 6) is -1.46. The highest BCUT2D eigenvalue weighted by atomic mass is 35.5. The molecule has 3 nitrogen and oxygen atoms in total. The minimum absolute atomic E-state index is 1.00. The Bertz CT molecular complexity index is 77.0.